The highest BCUT2D eigenvalue weighted by molar-refractivity contribution is 5.78. The summed E-state index contributed by atoms with van der Waals surface area (Å²) in [5, 5.41) is 14.7. The molecule has 0 rings (SSSR count). The van der Waals surface area contributed by atoms with Gasteiger partial charge in [-0.1, -0.05) is 13.0 Å². The van der Waals surface area contributed by atoms with E-state index in [9.17, 15) is 4.79 Å². The zero-order valence-corrected chi connectivity index (χ0v) is 8.97. The molecule has 0 aromatic rings. The summed E-state index contributed by atoms with van der Waals surface area (Å²) in [6, 6.07) is 0. The summed E-state index contributed by atoms with van der Waals surface area (Å²) in [5.74, 6) is -0.106. The van der Waals surface area contributed by atoms with Crippen molar-refractivity contribution in [3.8, 4) is 0 Å². The van der Waals surface area contributed by atoms with Crippen molar-refractivity contribution in [1.82, 2.24) is 10.6 Å². The average molecular weight is 200 g/mol. The van der Waals surface area contributed by atoms with Crippen LogP contribution in [-0.4, -0.2) is 36.2 Å². The number of carbonyl (C=O) groups excluding carboxylic acids is 1. The molecule has 0 aromatic carbocycles. The van der Waals surface area contributed by atoms with Crippen molar-refractivity contribution in [3.63, 3.8) is 0 Å². The van der Waals surface area contributed by atoms with E-state index in [1.165, 1.54) is 0 Å². The second-order valence-electron chi connectivity index (χ2n) is 3.54. The number of nitrogens with one attached hydrogen (secondary N) is 2. The molecule has 0 heterocycles. The zero-order valence-electron chi connectivity index (χ0n) is 8.97. The summed E-state index contributed by atoms with van der Waals surface area (Å²) in [5.41, 5.74) is -0.507. The first-order valence-corrected chi connectivity index (χ1v) is 4.81. The van der Waals surface area contributed by atoms with Gasteiger partial charge in [-0.15, -0.1) is 6.58 Å². The van der Waals surface area contributed by atoms with E-state index in [4.69, 9.17) is 5.11 Å². The molecule has 1 unspecified atom stereocenters. The van der Waals surface area contributed by atoms with Crippen LogP contribution in [0.2, 0.25) is 0 Å². The minimum atomic E-state index is -0.507. The van der Waals surface area contributed by atoms with E-state index in [1.54, 1.807) is 6.08 Å². The Morgan fingerprint density at radius 2 is 2.29 bits per heavy atom. The SMILES string of the molecule is C=CCNCC(=O)NC(C)(CC)CO. The van der Waals surface area contributed by atoms with Crippen molar-refractivity contribution < 1.29 is 9.90 Å². The lowest BCUT2D eigenvalue weighted by atomic mass is 10.0. The highest BCUT2D eigenvalue weighted by Gasteiger charge is 2.22. The Kier molecular flexibility index (Phi) is 6.16. The predicted molar refractivity (Wildman–Crippen MR) is 57.0 cm³/mol. The van der Waals surface area contributed by atoms with Crippen LogP contribution in [0.15, 0.2) is 12.7 Å². The molecule has 1 atom stereocenters. The van der Waals surface area contributed by atoms with Gasteiger partial charge in [-0.25, -0.2) is 0 Å². The first kappa shape index (κ1) is 13.1. The third-order valence-corrected chi connectivity index (χ3v) is 2.14. The first-order valence-electron chi connectivity index (χ1n) is 4.81. The monoisotopic (exact) mass is 200 g/mol. The van der Waals surface area contributed by atoms with Crippen LogP contribution in [0.3, 0.4) is 0 Å². The van der Waals surface area contributed by atoms with Crippen molar-refractivity contribution in [2.75, 3.05) is 19.7 Å². The quantitative estimate of drug-likeness (QED) is 0.401. The van der Waals surface area contributed by atoms with Crippen LogP contribution in [0.5, 0.6) is 0 Å². The van der Waals surface area contributed by atoms with Gasteiger partial charge in [0.05, 0.1) is 18.7 Å². The number of hydrogen-bond donors (Lipinski definition) is 3. The van der Waals surface area contributed by atoms with Crippen LogP contribution in [0.1, 0.15) is 20.3 Å². The lowest BCUT2D eigenvalue weighted by molar-refractivity contribution is -0.122. The largest absolute Gasteiger partial charge is 0.394 e. The van der Waals surface area contributed by atoms with Crippen molar-refractivity contribution in [3.05, 3.63) is 12.7 Å². The minimum absolute atomic E-state index is 0.0449. The van der Waals surface area contributed by atoms with Crippen molar-refractivity contribution in [1.29, 1.82) is 0 Å². The number of carbonyl (C=O) groups is 1. The summed E-state index contributed by atoms with van der Waals surface area (Å²) in [6.07, 6.45) is 2.40. The molecule has 0 aliphatic heterocycles. The number of rotatable bonds is 7. The van der Waals surface area contributed by atoms with E-state index in [2.05, 4.69) is 17.2 Å². The molecule has 82 valence electrons. The second kappa shape index (κ2) is 6.56. The van der Waals surface area contributed by atoms with E-state index in [0.717, 1.165) is 0 Å². The highest BCUT2D eigenvalue weighted by Crippen LogP contribution is 2.06. The smallest absolute Gasteiger partial charge is 0.234 e. The summed E-state index contributed by atoms with van der Waals surface area (Å²) < 4.78 is 0. The molecule has 0 radical (unpaired) electrons. The topological polar surface area (TPSA) is 61.4 Å². The van der Waals surface area contributed by atoms with E-state index < -0.39 is 5.54 Å². The Hall–Kier alpha value is -0.870. The molecule has 14 heavy (non-hydrogen) atoms. The Morgan fingerprint density at radius 1 is 1.64 bits per heavy atom. The molecule has 3 N–H and O–H groups in total. The molecule has 0 spiro atoms. The Bertz CT molecular complexity index is 189. The molecular formula is C10H20N2O2. The molecule has 0 bridgehead atoms. The fourth-order valence-corrected chi connectivity index (χ4v) is 0.908. The molecule has 4 nitrogen and oxygen atoms in total. The van der Waals surface area contributed by atoms with Gasteiger partial charge in [-0.2, -0.15) is 0 Å². The molecule has 0 aliphatic rings. The Labute approximate surface area is 85.4 Å². The summed E-state index contributed by atoms with van der Waals surface area (Å²) in [6.45, 7) is 8.09. The lowest BCUT2D eigenvalue weighted by Crippen LogP contribution is -2.51. The van der Waals surface area contributed by atoms with E-state index in [-0.39, 0.29) is 19.1 Å². The summed E-state index contributed by atoms with van der Waals surface area (Å²) in [4.78, 5) is 11.3. The van der Waals surface area contributed by atoms with Crippen LogP contribution < -0.4 is 10.6 Å². The van der Waals surface area contributed by atoms with E-state index in [0.29, 0.717) is 13.0 Å². The Morgan fingerprint density at radius 3 is 2.71 bits per heavy atom. The fraction of sp³-hybridized carbons (Fsp3) is 0.700. The van der Waals surface area contributed by atoms with Crippen molar-refractivity contribution in [2.45, 2.75) is 25.8 Å². The maximum absolute atomic E-state index is 11.3. The van der Waals surface area contributed by atoms with Crippen molar-refractivity contribution >= 4 is 5.91 Å². The van der Waals surface area contributed by atoms with Crippen molar-refractivity contribution in [2.24, 2.45) is 0 Å². The molecule has 0 aliphatic carbocycles. The fourth-order valence-electron chi connectivity index (χ4n) is 0.908. The molecule has 0 aromatic heterocycles. The van der Waals surface area contributed by atoms with Gasteiger partial charge in [0.2, 0.25) is 5.91 Å². The molecule has 1 amide bonds. The van der Waals surface area contributed by atoms with Gasteiger partial charge in [0.1, 0.15) is 0 Å². The standard InChI is InChI=1S/C10H20N2O2/c1-4-6-11-7-9(14)12-10(3,5-2)8-13/h4,11,13H,1,5-8H2,2-3H3,(H,12,14). The predicted octanol–water partition coefficient (Wildman–Crippen LogP) is 0.0392. The second-order valence-corrected chi connectivity index (χ2v) is 3.54. The first-order chi connectivity index (χ1) is 6.58. The lowest BCUT2D eigenvalue weighted by Gasteiger charge is -2.27. The number of amides is 1. The molecule has 0 saturated heterocycles. The van der Waals surface area contributed by atoms with E-state index >= 15 is 0 Å². The number of hydrogen-bond acceptors (Lipinski definition) is 3. The van der Waals surface area contributed by atoms with E-state index in [1.807, 2.05) is 13.8 Å². The minimum Gasteiger partial charge on any atom is -0.394 e. The summed E-state index contributed by atoms with van der Waals surface area (Å²) >= 11 is 0. The van der Waals surface area contributed by atoms with Gasteiger partial charge in [-0.3, -0.25) is 4.79 Å². The normalized spacial score (nSPS) is 14.5. The van der Waals surface area contributed by atoms with Crippen LogP contribution in [-0.2, 0) is 4.79 Å². The zero-order chi connectivity index (χ0) is 11.0. The average Bonchev–Trinajstić information content (AvgIpc) is 2.18. The maximum atomic E-state index is 11.3. The van der Waals surface area contributed by atoms with Gasteiger partial charge >= 0.3 is 0 Å². The summed E-state index contributed by atoms with van der Waals surface area (Å²) in [7, 11) is 0. The van der Waals surface area contributed by atoms with Gasteiger partial charge in [0.25, 0.3) is 0 Å². The van der Waals surface area contributed by atoms with Gasteiger partial charge in [-0.05, 0) is 13.3 Å². The highest BCUT2D eigenvalue weighted by atomic mass is 16.3. The third kappa shape index (κ3) is 4.99. The number of aliphatic hydroxyl groups excluding tert-OH is 1. The van der Waals surface area contributed by atoms with Gasteiger partial charge < -0.3 is 15.7 Å². The molecule has 4 heteroatoms. The van der Waals surface area contributed by atoms with Gasteiger partial charge in [0.15, 0.2) is 0 Å². The number of aliphatic hydroxyl groups is 1. The van der Waals surface area contributed by atoms with Crippen LogP contribution in [0.4, 0.5) is 0 Å². The van der Waals surface area contributed by atoms with Crippen LogP contribution in [0, 0.1) is 0 Å². The maximum Gasteiger partial charge on any atom is 0.234 e. The van der Waals surface area contributed by atoms with Crippen LogP contribution in [0.25, 0.3) is 0 Å². The Balaban J connectivity index is 3.85. The third-order valence-electron chi connectivity index (χ3n) is 2.14. The van der Waals surface area contributed by atoms with Gasteiger partial charge in [0, 0.05) is 6.54 Å². The molecular weight excluding hydrogens is 180 g/mol. The molecule has 0 saturated carbocycles. The molecule has 0 fully saturated rings. The van der Waals surface area contributed by atoms with Crippen LogP contribution >= 0.6 is 0 Å².